The minimum absolute atomic E-state index is 0.0859. The molecule has 4 nitrogen and oxygen atoms in total. The Hall–Kier alpha value is -1.08. The molecule has 1 atom stereocenters. The lowest BCUT2D eigenvalue weighted by Gasteiger charge is -2.32. The molecule has 0 bridgehead atoms. The predicted octanol–water partition coefficient (Wildman–Crippen LogP) is -0.0799. The molecular formula is C9H15N3O. The fourth-order valence-corrected chi connectivity index (χ4v) is 1.48. The maximum atomic E-state index is 10.4. The maximum Gasteiger partial charge on any atom is 0.209 e. The standard InChI is InChI=1S/C9H15N3O/c1-9(6-10)7-11-2-4-12(8-13)5-3-11/h8-9H,2-5,7H2,1H3. The summed E-state index contributed by atoms with van der Waals surface area (Å²) in [5.41, 5.74) is 0. The molecule has 13 heavy (non-hydrogen) atoms. The Labute approximate surface area is 78.7 Å². The molecule has 0 aromatic rings. The molecule has 1 aliphatic heterocycles. The SMILES string of the molecule is CC(C#N)CN1CCN(C=O)CC1. The molecule has 0 saturated carbocycles. The molecule has 0 aliphatic carbocycles. The normalized spacial score (nSPS) is 20.8. The molecule has 0 radical (unpaired) electrons. The highest BCUT2D eigenvalue weighted by Crippen LogP contribution is 2.03. The number of hydrogen-bond donors (Lipinski definition) is 0. The first-order valence-electron chi connectivity index (χ1n) is 4.57. The number of carbonyl (C=O) groups is 1. The van der Waals surface area contributed by atoms with Gasteiger partial charge in [-0.1, -0.05) is 0 Å². The van der Waals surface area contributed by atoms with E-state index in [1.54, 1.807) is 4.90 Å². The van der Waals surface area contributed by atoms with Gasteiger partial charge in [0.15, 0.2) is 0 Å². The predicted molar refractivity (Wildman–Crippen MR) is 48.9 cm³/mol. The number of hydrogen-bond acceptors (Lipinski definition) is 3. The second kappa shape index (κ2) is 4.83. The van der Waals surface area contributed by atoms with Crippen molar-refractivity contribution in [2.45, 2.75) is 6.92 Å². The first-order chi connectivity index (χ1) is 6.26. The van der Waals surface area contributed by atoms with E-state index >= 15 is 0 Å². The number of nitriles is 1. The summed E-state index contributed by atoms with van der Waals surface area (Å²) in [6, 6.07) is 2.21. The summed E-state index contributed by atoms with van der Waals surface area (Å²) < 4.78 is 0. The highest BCUT2D eigenvalue weighted by molar-refractivity contribution is 5.47. The number of piperazine rings is 1. The zero-order valence-electron chi connectivity index (χ0n) is 7.94. The van der Waals surface area contributed by atoms with Gasteiger partial charge in [0.25, 0.3) is 0 Å². The molecule has 1 aliphatic rings. The van der Waals surface area contributed by atoms with Crippen molar-refractivity contribution < 1.29 is 4.79 Å². The smallest absolute Gasteiger partial charge is 0.209 e. The molecule has 1 saturated heterocycles. The summed E-state index contributed by atoms with van der Waals surface area (Å²) in [6.07, 6.45) is 0.894. The second-order valence-corrected chi connectivity index (χ2v) is 3.47. The van der Waals surface area contributed by atoms with Crippen LogP contribution in [0.15, 0.2) is 0 Å². The molecular weight excluding hydrogens is 166 g/mol. The summed E-state index contributed by atoms with van der Waals surface area (Å²) in [7, 11) is 0. The quantitative estimate of drug-likeness (QED) is 0.572. The second-order valence-electron chi connectivity index (χ2n) is 3.47. The van der Waals surface area contributed by atoms with Gasteiger partial charge in [-0.25, -0.2) is 0 Å². The van der Waals surface area contributed by atoms with E-state index in [1.165, 1.54) is 0 Å². The van der Waals surface area contributed by atoms with Gasteiger partial charge in [0.05, 0.1) is 12.0 Å². The average molecular weight is 181 g/mol. The van der Waals surface area contributed by atoms with Crippen LogP contribution in [0.3, 0.4) is 0 Å². The summed E-state index contributed by atoms with van der Waals surface area (Å²) >= 11 is 0. The molecule has 0 aromatic heterocycles. The monoisotopic (exact) mass is 181 g/mol. The van der Waals surface area contributed by atoms with Gasteiger partial charge in [-0.15, -0.1) is 0 Å². The summed E-state index contributed by atoms with van der Waals surface area (Å²) in [5.74, 6) is 0.0859. The molecule has 1 heterocycles. The zero-order chi connectivity index (χ0) is 9.68. The van der Waals surface area contributed by atoms with Gasteiger partial charge >= 0.3 is 0 Å². The van der Waals surface area contributed by atoms with Gasteiger partial charge in [-0.2, -0.15) is 5.26 Å². The van der Waals surface area contributed by atoms with Crippen molar-refractivity contribution in [3.05, 3.63) is 0 Å². The summed E-state index contributed by atoms with van der Waals surface area (Å²) in [6.45, 7) is 6.12. The molecule has 0 N–H and O–H groups in total. The van der Waals surface area contributed by atoms with Crippen molar-refractivity contribution in [3.8, 4) is 6.07 Å². The Bertz CT molecular complexity index is 203. The number of carbonyl (C=O) groups excluding carboxylic acids is 1. The van der Waals surface area contributed by atoms with E-state index in [9.17, 15) is 4.79 Å². The van der Waals surface area contributed by atoms with Gasteiger partial charge in [-0.05, 0) is 6.92 Å². The van der Waals surface area contributed by atoms with Crippen molar-refractivity contribution in [3.63, 3.8) is 0 Å². The molecule has 0 aromatic carbocycles. The number of amides is 1. The van der Waals surface area contributed by atoms with Crippen LogP contribution in [-0.4, -0.2) is 48.9 Å². The molecule has 1 unspecified atom stereocenters. The third-order valence-corrected chi connectivity index (χ3v) is 2.31. The topological polar surface area (TPSA) is 47.3 Å². The van der Waals surface area contributed by atoms with Crippen LogP contribution in [0.1, 0.15) is 6.92 Å². The van der Waals surface area contributed by atoms with Crippen LogP contribution >= 0.6 is 0 Å². The van der Waals surface area contributed by atoms with Crippen LogP contribution in [0.5, 0.6) is 0 Å². The van der Waals surface area contributed by atoms with Crippen LogP contribution in [0, 0.1) is 17.2 Å². The van der Waals surface area contributed by atoms with Crippen LogP contribution < -0.4 is 0 Å². The lowest BCUT2D eigenvalue weighted by atomic mass is 10.2. The minimum atomic E-state index is 0.0859. The lowest BCUT2D eigenvalue weighted by molar-refractivity contribution is -0.119. The molecule has 1 rings (SSSR count). The fourth-order valence-electron chi connectivity index (χ4n) is 1.48. The van der Waals surface area contributed by atoms with Gasteiger partial charge < -0.3 is 4.90 Å². The molecule has 1 fully saturated rings. The van der Waals surface area contributed by atoms with E-state index in [-0.39, 0.29) is 5.92 Å². The largest absolute Gasteiger partial charge is 0.343 e. The van der Waals surface area contributed by atoms with E-state index in [2.05, 4.69) is 11.0 Å². The first kappa shape index (κ1) is 10.0. The Balaban J connectivity index is 2.25. The highest BCUT2D eigenvalue weighted by Gasteiger charge is 2.16. The third-order valence-electron chi connectivity index (χ3n) is 2.31. The van der Waals surface area contributed by atoms with E-state index in [1.807, 2.05) is 6.92 Å². The van der Waals surface area contributed by atoms with Crippen molar-refractivity contribution in [1.82, 2.24) is 9.80 Å². The van der Waals surface area contributed by atoms with Crippen molar-refractivity contribution in [2.24, 2.45) is 5.92 Å². The summed E-state index contributed by atoms with van der Waals surface area (Å²) in [5, 5.41) is 8.62. The Morgan fingerprint density at radius 3 is 2.54 bits per heavy atom. The van der Waals surface area contributed by atoms with Crippen molar-refractivity contribution in [2.75, 3.05) is 32.7 Å². The summed E-state index contributed by atoms with van der Waals surface area (Å²) in [4.78, 5) is 14.4. The van der Waals surface area contributed by atoms with Crippen molar-refractivity contribution >= 4 is 6.41 Å². The van der Waals surface area contributed by atoms with E-state index < -0.39 is 0 Å². The molecule has 72 valence electrons. The lowest BCUT2D eigenvalue weighted by Crippen LogP contribution is -2.46. The molecule has 1 amide bonds. The maximum absolute atomic E-state index is 10.4. The Morgan fingerprint density at radius 2 is 2.08 bits per heavy atom. The Morgan fingerprint density at radius 1 is 1.46 bits per heavy atom. The van der Waals surface area contributed by atoms with Gasteiger partial charge in [0.2, 0.25) is 6.41 Å². The van der Waals surface area contributed by atoms with Crippen LogP contribution in [-0.2, 0) is 4.79 Å². The van der Waals surface area contributed by atoms with E-state index in [0.717, 1.165) is 39.1 Å². The van der Waals surface area contributed by atoms with Crippen LogP contribution in [0.2, 0.25) is 0 Å². The van der Waals surface area contributed by atoms with Gasteiger partial charge in [0.1, 0.15) is 0 Å². The molecule has 4 heteroatoms. The zero-order valence-corrected chi connectivity index (χ0v) is 7.94. The number of rotatable bonds is 3. The third kappa shape index (κ3) is 3.03. The average Bonchev–Trinajstić information content (AvgIpc) is 2.19. The van der Waals surface area contributed by atoms with E-state index in [0.29, 0.717) is 0 Å². The van der Waals surface area contributed by atoms with Crippen LogP contribution in [0.25, 0.3) is 0 Å². The first-order valence-corrected chi connectivity index (χ1v) is 4.57. The Kier molecular flexibility index (Phi) is 3.71. The van der Waals surface area contributed by atoms with Gasteiger partial charge in [-0.3, -0.25) is 9.69 Å². The molecule has 0 spiro atoms. The highest BCUT2D eigenvalue weighted by atomic mass is 16.1. The minimum Gasteiger partial charge on any atom is -0.343 e. The van der Waals surface area contributed by atoms with Gasteiger partial charge in [0, 0.05) is 32.7 Å². The number of nitrogens with zero attached hydrogens (tertiary/aromatic N) is 3. The van der Waals surface area contributed by atoms with Crippen molar-refractivity contribution in [1.29, 1.82) is 5.26 Å². The fraction of sp³-hybridized carbons (Fsp3) is 0.778. The van der Waals surface area contributed by atoms with E-state index in [4.69, 9.17) is 5.26 Å². The van der Waals surface area contributed by atoms with Crippen LogP contribution in [0.4, 0.5) is 0 Å².